The average Bonchev–Trinajstić information content (AvgIpc) is 2.18. The van der Waals surface area contributed by atoms with Crippen molar-refractivity contribution in [3.8, 4) is 0 Å². The third kappa shape index (κ3) is 4.49. The van der Waals surface area contributed by atoms with Crippen LogP contribution in [-0.2, 0) is 0 Å². The molecule has 1 heteroatoms. The van der Waals surface area contributed by atoms with Crippen LogP contribution in [0.3, 0.4) is 0 Å². The van der Waals surface area contributed by atoms with Crippen molar-refractivity contribution >= 4 is 6.71 Å². The summed E-state index contributed by atoms with van der Waals surface area (Å²) in [6.45, 7) is 36.0. The molecule has 1 rings (SSSR count). The lowest BCUT2D eigenvalue weighted by atomic mass is 9.10. The molecular formula is C24H49B. The lowest BCUT2D eigenvalue weighted by molar-refractivity contribution is 0.116. The Kier molecular flexibility index (Phi) is 5.83. The molecule has 0 aromatic carbocycles. The van der Waals surface area contributed by atoms with Crippen LogP contribution in [0.5, 0.6) is 0 Å². The summed E-state index contributed by atoms with van der Waals surface area (Å²) in [5.41, 5.74) is 1.11. The quantitative estimate of drug-likeness (QED) is 0.447. The molecule has 0 nitrogen and oxygen atoms in total. The van der Waals surface area contributed by atoms with Crippen molar-refractivity contribution < 1.29 is 0 Å². The molecule has 1 aliphatic rings. The van der Waals surface area contributed by atoms with E-state index in [0.29, 0.717) is 39.5 Å². The van der Waals surface area contributed by atoms with Crippen LogP contribution >= 0.6 is 0 Å². The van der Waals surface area contributed by atoms with E-state index in [1.165, 1.54) is 19.3 Å². The van der Waals surface area contributed by atoms with Crippen molar-refractivity contribution in [1.82, 2.24) is 0 Å². The number of hydrogen-bond acceptors (Lipinski definition) is 0. The van der Waals surface area contributed by atoms with E-state index in [2.05, 4.69) is 96.9 Å². The molecule has 1 aliphatic heterocycles. The molecule has 0 aliphatic carbocycles. The smallest absolute Gasteiger partial charge is 0.0664 e. The second-order valence-corrected chi connectivity index (χ2v) is 13.9. The van der Waals surface area contributed by atoms with Gasteiger partial charge in [0.2, 0.25) is 0 Å². The van der Waals surface area contributed by atoms with E-state index >= 15 is 0 Å². The topological polar surface area (TPSA) is 0 Å². The van der Waals surface area contributed by atoms with Gasteiger partial charge in [-0.25, -0.2) is 0 Å². The highest BCUT2D eigenvalue weighted by molar-refractivity contribution is 6.68. The zero-order valence-electron chi connectivity index (χ0n) is 20.3. The van der Waals surface area contributed by atoms with Crippen molar-refractivity contribution in [2.24, 2.45) is 22.2 Å². The Bertz CT molecular complexity index is 446. The van der Waals surface area contributed by atoms with Crippen LogP contribution < -0.4 is 0 Å². The van der Waals surface area contributed by atoms with Gasteiger partial charge >= 0.3 is 0 Å². The zero-order valence-corrected chi connectivity index (χ0v) is 20.3. The van der Waals surface area contributed by atoms with Crippen molar-refractivity contribution in [3.05, 3.63) is 0 Å². The molecule has 1 fully saturated rings. The van der Waals surface area contributed by atoms with E-state index in [0.717, 1.165) is 0 Å². The Balaban J connectivity index is 3.60. The first-order valence-corrected chi connectivity index (χ1v) is 10.7. The Morgan fingerprint density at radius 2 is 0.960 bits per heavy atom. The van der Waals surface area contributed by atoms with E-state index in [4.69, 9.17) is 0 Å². The molecule has 0 N–H and O–H groups in total. The molecule has 0 atom stereocenters. The van der Waals surface area contributed by atoms with Crippen molar-refractivity contribution in [2.75, 3.05) is 0 Å². The lowest BCUT2D eigenvalue weighted by Gasteiger charge is -2.61. The van der Waals surface area contributed by atoms with Crippen LogP contribution in [0, 0.1) is 22.2 Å². The highest BCUT2D eigenvalue weighted by atomic mass is 14.5. The van der Waals surface area contributed by atoms with Crippen LogP contribution in [0.15, 0.2) is 0 Å². The third-order valence-corrected chi connectivity index (χ3v) is 8.21. The molecule has 0 saturated carbocycles. The van der Waals surface area contributed by atoms with Crippen LogP contribution in [-0.4, -0.2) is 6.71 Å². The largest absolute Gasteiger partial charge is 0.158 e. The number of rotatable bonds is 3. The van der Waals surface area contributed by atoms with Gasteiger partial charge in [0.15, 0.2) is 6.71 Å². The molecule has 0 aromatic rings. The molecule has 25 heavy (non-hydrogen) atoms. The summed E-state index contributed by atoms with van der Waals surface area (Å²) in [5.74, 6) is 0.681. The minimum absolute atomic E-state index is 0.275. The van der Waals surface area contributed by atoms with Crippen LogP contribution in [0.25, 0.3) is 0 Å². The average molecular weight is 348 g/mol. The normalized spacial score (nSPS) is 26.3. The van der Waals surface area contributed by atoms with Gasteiger partial charge in [0.05, 0.1) is 0 Å². The maximum atomic E-state index is 2.57. The molecular weight excluding hydrogens is 299 g/mol. The molecule has 0 spiro atoms. The van der Waals surface area contributed by atoms with E-state index in [1.807, 2.05) is 0 Å². The lowest BCUT2D eigenvalue weighted by Crippen LogP contribution is -2.55. The Labute approximate surface area is 161 Å². The third-order valence-electron chi connectivity index (χ3n) is 8.21. The van der Waals surface area contributed by atoms with Gasteiger partial charge in [-0.3, -0.25) is 0 Å². The molecule has 0 aromatic heterocycles. The summed E-state index contributed by atoms with van der Waals surface area (Å²) in [6.07, 6.45) is 3.96. The Morgan fingerprint density at radius 3 is 1.24 bits per heavy atom. The Hall–Kier alpha value is 0.0649. The molecule has 0 amide bonds. The predicted molar refractivity (Wildman–Crippen MR) is 118 cm³/mol. The summed E-state index contributed by atoms with van der Waals surface area (Å²) < 4.78 is 0. The van der Waals surface area contributed by atoms with Crippen LogP contribution in [0.4, 0.5) is 0 Å². The minimum Gasteiger partial charge on any atom is -0.0664 e. The standard InChI is InChI=1S/C24H49B/c1-18(2)23(11,12)24(13,14)25-21(7,8)16-19(3,4)15-20(5,6)17-22(25,9)10/h18H,15-17H2,1-14H3. The van der Waals surface area contributed by atoms with Gasteiger partial charge < -0.3 is 0 Å². The molecule has 1 heterocycles. The summed E-state index contributed by atoms with van der Waals surface area (Å²) in [6, 6.07) is 0. The van der Waals surface area contributed by atoms with Gasteiger partial charge in [0.25, 0.3) is 0 Å². The molecule has 0 bridgehead atoms. The van der Waals surface area contributed by atoms with E-state index in [-0.39, 0.29) is 5.31 Å². The fourth-order valence-corrected chi connectivity index (χ4v) is 8.22. The monoisotopic (exact) mass is 348 g/mol. The zero-order chi connectivity index (χ0) is 20.3. The van der Waals surface area contributed by atoms with Gasteiger partial charge in [-0.15, -0.1) is 0 Å². The molecule has 148 valence electrons. The van der Waals surface area contributed by atoms with Gasteiger partial charge in [-0.2, -0.15) is 0 Å². The first kappa shape index (κ1) is 23.1. The first-order chi connectivity index (χ1) is 10.7. The SMILES string of the molecule is CC(C)C(C)(C)C(C)(C)B1C(C)(C)CC(C)(C)CC(C)(C)CC1(C)C. The Morgan fingerprint density at radius 1 is 0.640 bits per heavy atom. The van der Waals surface area contributed by atoms with Crippen molar-refractivity contribution in [2.45, 2.75) is 132 Å². The molecule has 0 radical (unpaired) electrons. The van der Waals surface area contributed by atoms with Gasteiger partial charge in [0, 0.05) is 0 Å². The first-order valence-electron chi connectivity index (χ1n) is 10.7. The maximum absolute atomic E-state index is 2.57. The van der Waals surface area contributed by atoms with Gasteiger partial charge in [-0.05, 0) is 46.7 Å². The molecule has 1 saturated heterocycles. The van der Waals surface area contributed by atoms with Crippen molar-refractivity contribution in [1.29, 1.82) is 0 Å². The van der Waals surface area contributed by atoms with E-state index in [1.54, 1.807) is 0 Å². The van der Waals surface area contributed by atoms with Gasteiger partial charge in [0.1, 0.15) is 0 Å². The van der Waals surface area contributed by atoms with Crippen LogP contribution in [0.2, 0.25) is 15.9 Å². The second kappa shape index (κ2) is 6.30. The predicted octanol–water partition coefficient (Wildman–Crippen LogP) is 8.74. The highest BCUT2D eigenvalue weighted by Gasteiger charge is 2.60. The van der Waals surface area contributed by atoms with Crippen LogP contribution in [0.1, 0.15) is 116 Å². The summed E-state index contributed by atoms with van der Waals surface area (Å²) in [5, 5.41) is 0.940. The summed E-state index contributed by atoms with van der Waals surface area (Å²) in [7, 11) is 0. The maximum Gasteiger partial charge on any atom is 0.158 e. The summed E-state index contributed by atoms with van der Waals surface area (Å²) >= 11 is 0. The summed E-state index contributed by atoms with van der Waals surface area (Å²) in [4.78, 5) is 0. The number of hydrogen-bond donors (Lipinski definition) is 0. The molecule has 0 unspecified atom stereocenters. The second-order valence-electron chi connectivity index (χ2n) is 13.9. The fraction of sp³-hybridized carbons (Fsp3) is 1.00. The van der Waals surface area contributed by atoms with Gasteiger partial charge in [-0.1, -0.05) is 108 Å². The van der Waals surface area contributed by atoms with E-state index < -0.39 is 0 Å². The minimum atomic E-state index is 0.275. The fourth-order valence-electron chi connectivity index (χ4n) is 8.22. The highest BCUT2D eigenvalue weighted by Crippen LogP contribution is 2.68. The van der Waals surface area contributed by atoms with Crippen molar-refractivity contribution in [3.63, 3.8) is 0 Å². The van der Waals surface area contributed by atoms with E-state index in [9.17, 15) is 0 Å².